The molecular formula is C13H8ClF3N2O2. The lowest BCUT2D eigenvalue weighted by Gasteiger charge is -2.13. The third kappa shape index (κ3) is 2.87. The van der Waals surface area contributed by atoms with Crippen molar-refractivity contribution in [2.24, 2.45) is 0 Å². The van der Waals surface area contributed by atoms with Gasteiger partial charge >= 0.3 is 5.97 Å². The predicted molar refractivity (Wildman–Crippen MR) is 72.4 cm³/mol. The number of anilines is 3. The number of nitrogens with one attached hydrogen (secondary N) is 1. The Morgan fingerprint density at radius 1 is 1.19 bits per heavy atom. The maximum Gasteiger partial charge on any atom is 0.337 e. The van der Waals surface area contributed by atoms with Crippen molar-refractivity contribution in [2.45, 2.75) is 0 Å². The summed E-state index contributed by atoms with van der Waals surface area (Å²) in [7, 11) is 0. The molecule has 2 aromatic rings. The van der Waals surface area contributed by atoms with Crippen LogP contribution in [0.5, 0.6) is 0 Å². The zero-order valence-electron chi connectivity index (χ0n) is 10.3. The molecule has 0 atom stereocenters. The molecule has 2 rings (SSSR count). The Bertz CT molecular complexity index is 738. The van der Waals surface area contributed by atoms with Crippen LogP contribution in [0.4, 0.5) is 30.2 Å². The first-order valence-corrected chi connectivity index (χ1v) is 5.92. The number of carboxylic acids is 1. The highest BCUT2D eigenvalue weighted by Gasteiger charge is 2.19. The Kier molecular flexibility index (Phi) is 3.95. The second-order valence-corrected chi connectivity index (χ2v) is 4.49. The van der Waals surface area contributed by atoms with Gasteiger partial charge in [-0.3, -0.25) is 0 Å². The van der Waals surface area contributed by atoms with Gasteiger partial charge < -0.3 is 16.2 Å². The third-order valence-corrected chi connectivity index (χ3v) is 2.94. The number of hydrogen-bond acceptors (Lipinski definition) is 3. The molecule has 0 unspecified atom stereocenters. The van der Waals surface area contributed by atoms with E-state index in [-0.39, 0.29) is 22.0 Å². The normalized spacial score (nSPS) is 10.5. The first-order chi connectivity index (χ1) is 9.81. The summed E-state index contributed by atoms with van der Waals surface area (Å²) in [5, 5.41) is 11.3. The van der Waals surface area contributed by atoms with Crippen molar-refractivity contribution in [2.75, 3.05) is 11.1 Å². The number of carbonyl (C=O) groups is 1. The lowest BCUT2D eigenvalue weighted by atomic mass is 10.1. The molecule has 2 aromatic carbocycles. The largest absolute Gasteiger partial charge is 0.478 e. The Balaban J connectivity index is 2.54. The molecule has 0 aliphatic rings. The van der Waals surface area contributed by atoms with Gasteiger partial charge in [0.25, 0.3) is 0 Å². The molecule has 0 aromatic heterocycles. The van der Waals surface area contributed by atoms with Crippen LogP contribution in [0.15, 0.2) is 24.3 Å². The van der Waals surface area contributed by atoms with Crippen LogP contribution in [-0.4, -0.2) is 11.1 Å². The van der Waals surface area contributed by atoms with Crippen LogP contribution >= 0.6 is 11.6 Å². The van der Waals surface area contributed by atoms with Crippen molar-refractivity contribution in [3.63, 3.8) is 0 Å². The molecule has 110 valence electrons. The zero-order chi connectivity index (χ0) is 15.7. The fourth-order valence-electron chi connectivity index (χ4n) is 1.68. The van der Waals surface area contributed by atoms with E-state index in [1.54, 1.807) is 0 Å². The quantitative estimate of drug-likeness (QED) is 0.595. The topological polar surface area (TPSA) is 75.3 Å². The summed E-state index contributed by atoms with van der Waals surface area (Å²) >= 11 is 5.86. The molecule has 0 amide bonds. The predicted octanol–water partition coefficient (Wildman–Crippen LogP) is 3.78. The summed E-state index contributed by atoms with van der Waals surface area (Å²) in [4.78, 5) is 11.1. The second kappa shape index (κ2) is 5.53. The van der Waals surface area contributed by atoms with Crippen molar-refractivity contribution in [3.8, 4) is 0 Å². The van der Waals surface area contributed by atoms with Gasteiger partial charge in [-0.25, -0.2) is 18.0 Å². The number of rotatable bonds is 3. The highest BCUT2D eigenvalue weighted by atomic mass is 35.5. The lowest BCUT2D eigenvalue weighted by molar-refractivity contribution is 0.0698. The van der Waals surface area contributed by atoms with E-state index in [9.17, 15) is 18.0 Å². The average molecular weight is 317 g/mol. The number of benzene rings is 2. The Labute approximate surface area is 121 Å². The highest BCUT2D eigenvalue weighted by Crippen LogP contribution is 2.33. The number of nitrogen functional groups attached to an aromatic ring is 1. The van der Waals surface area contributed by atoms with E-state index in [1.807, 2.05) is 0 Å². The van der Waals surface area contributed by atoms with Crippen LogP contribution in [-0.2, 0) is 0 Å². The smallest absolute Gasteiger partial charge is 0.337 e. The number of halogens is 4. The van der Waals surface area contributed by atoms with E-state index >= 15 is 0 Å². The van der Waals surface area contributed by atoms with Gasteiger partial charge in [0.05, 0.1) is 22.0 Å². The minimum Gasteiger partial charge on any atom is -0.478 e. The zero-order valence-corrected chi connectivity index (χ0v) is 11.0. The van der Waals surface area contributed by atoms with Crippen LogP contribution in [0.1, 0.15) is 10.4 Å². The summed E-state index contributed by atoms with van der Waals surface area (Å²) in [6, 6.07) is 3.97. The van der Waals surface area contributed by atoms with Crippen LogP contribution in [0.3, 0.4) is 0 Å². The van der Waals surface area contributed by atoms with E-state index in [0.717, 1.165) is 12.1 Å². The molecular weight excluding hydrogens is 309 g/mol. The molecule has 0 aliphatic carbocycles. The molecule has 0 spiro atoms. The first-order valence-electron chi connectivity index (χ1n) is 5.54. The van der Waals surface area contributed by atoms with Crippen molar-refractivity contribution < 1.29 is 23.1 Å². The molecule has 21 heavy (non-hydrogen) atoms. The number of nitrogens with two attached hydrogens (primary N) is 1. The van der Waals surface area contributed by atoms with Crippen LogP contribution in [0.25, 0.3) is 0 Å². The minimum absolute atomic E-state index is 0.0914. The molecule has 0 heterocycles. The Morgan fingerprint density at radius 3 is 2.48 bits per heavy atom. The van der Waals surface area contributed by atoms with Crippen molar-refractivity contribution in [1.29, 1.82) is 0 Å². The van der Waals surface area contributed by atoms with Crippen LogP contribution < -0.4 is 11.1 Å². The van der Waals surface area contributed by atoms with Gasteiger partial charge in [0, 0.05) is 5.69 Å². The van der Waals surface area contributed by atoms with E-state index in [0.29, 0.717) is 6.07 Å². The Morgan fingerprint density at radius 2 is 1.86 bits per heavy atom. The monoisotopic (exact) mass is 316 g/mol. The Hall–Kier alpha value is -2.41. The molecule has 0 aliphatic heterocycles. The third-order valence-electron chi connectivity index (χ3n) is 2.64. The summed E-state index contributed by atoms with van der Waals surface area (Å²) < 4.78 is 39.6. The van der Waals surface area contributed by atoms with Crippen molar-refractivity contribution in [1.82, 2.24) is 0 Å². The number of carboxylic acid groups (broad SMARTS) is 1. The molecule has 0 fully saturated rings. The minimum atomic E-state index is -1.68. The summed E-state index contributed by atoms with van der Waals surface area (Å²) in [6.45, 7) is 0. The lowest BCUT2D eigenvalue weighted by Crippen LogP contribution is -2.06. The molecule has 8 heteroatoms. The molecule has 0 saturated heterocycles. The summed E-state index contributed by atoms with van der Waals surface area (Å²) in [5.41, 5.74) is 4.60. The van der Waals surface area contributed by atoms with Gasteiger partial charge in [0.15, 0.2) is 17.5 Å². The molecule has 0 bridgehead atoms. The van der Waals surface area contributed by atoms with E-state index < -0.39 is 29.1 Å². The van der Waals surface area contributed by atoms with E-state index in [4.69, 9.17) is 22.4 Å². The fraction of sp³-hybridized carbons (Fsp3) is 0. The standard InChI is InChI=1S/C13H8ClF3N2O2/c14-7-4-5(18)3-6(13(20)21)12(7)19-9-2-1-8(15)10(16)11(9)17/h1-4,19H,18H2,(H,20,21). The SMILES string of the molecule is Nc1cc(Cl)c(Nc2ccc(F)c(F)c2F)c(C(=O)O)c1. The van der Waals surface area contributed by atoms with Gasteiger partial charge in [-0.2, -0.15) is 0 Å². The number of hydrogen-bond donors (Lipinski definition) is 3. The molecule has 0 saturated carbocycles. The maximum atomic E-state index is 13.6. The maximum absolute atomic E-state index is 13.6. The van der Waals surface area contributed by atoms with Crippen LogP contribution in [0.2, 0.25) is 5.02 Å². The fourth-order valence-corrected chi connectivity index (χ4v) is 1.96. The van der Waals surface area contributed by atoms with E-state index in [1.165, 1.54) is 6.07 Å². The first kappa shape index (κ1) is 15.0. The summed E-state index contributed by atoms with van der Waals surface area (Å²) in [6.07, 6.45) is 0. The van der Waals surface area contributed by atoms with Crippen LogP contribution in [0, 0.1) is 17.5 Å². The van der Waals surface area contributed by atoms with Crippen molar-refractivity contribution in [3.05, 3.63) is 52.3 Å². The van der Waals surface area contributed by atoms with Gasteiger partial charge in [0.2, 0.25) is 0 Å². The molecule has 4 N–H and O–H groups in total. The second-order valence-electron chi connectivity index (χ2n) is 4.08. The summed E-state index contributed by atoms with van der Waals surface area (Å²) in [5.74, 6) is -5.89. The number of aromatic carboxylic acids is 1. The highest BCUT2D eigenvalue weighted by molar-refractivity contribution is 6.34. The van der Waals surface area contributed by atoms with Crippen molar-refractivity contribution >= 4 is 34.6 Å². The molecule has 0 radical (unpaired) electrons. The average Bonchev–Trinajstić information content (AvgIpc) is 2.41. The van der Waals surface area contributed by atoms with Gasteiger partial charge in [0.1, 0.15) is 0 Å². The van der Waals surface area contributed by atoms with Gasteiger partial charge in [-0.05, 0) is 24.3 Å². The molecule has 4 nitrogen and oxygen atoms in total. The van der Waals surface area contributed by atoms with Gasteiger partial charge in [-0.1, -0.05) is 11.6 Å². The van der Waals surface area contributed by atoms with Gasteiger partial charge in [-0.15, -0.1) is 0 Å². The van der Waals surface area contributed by atoms with E-state index in [2.05, 4.69) is 5.32 Å².